The molecule has 0 bridgehead atoms. The van der Waals surface area contributed by atoms with Crippen molar-refractivity contribution in [1.29, 1.82) is 0 Å². The zero-order valence-corrected chi connectivity index (χ0v) is 21.4. The van der Waals surface area contributed by atoms with Gasteiger partial charge in [0.05, 0.1) is 16.6 Å². The van der Waals surface area contributed by atoms with Crippen LogP contribution >= 0.6 is 15.9 Å². The molecule has 34 heavy (non-hydrogen) atoms. The van der Waals surface area contributed by atoms with E-state index >= 15 is 0 Å². The van der Waals surface area contributed by atoms with E-state index in [2.05, 4.69) is 38.3 Å². The Bertz CT molecular complexity index is 1230. The first kappa shape index (κ1) is 24.3. The molecule has 4 rings (SSSR count). The maximum atomic E-state index is 13.4. The van der Waals surface area contributed by atoms with E-state index in [0.717, 1.165) is 27.4 Å². The lowest BCUT2D eigenvalue weighted by Crippen LogP contribution is -2.41. The fourth-order valence-corrected chi connectivity index (χ4v) is 5.94. The number of nitrogens with zero attached hydrogens (tertiary/aromatic N) is 2. The summed E-state index contributed by atoms with van der Waals surface area (Å²) in [5, 5.41) is 2.95. The van der Waals surface area contributed by atoms with Gasteiger partial charge in [-0.3, -0.25) is 9.10 Å². The van der Waals surface area contributed by atoms with Crippen molar-refractivity contribution in [2.45, 2.75) is 30.7 Å². The zero-order valence-electron chi connectivity index (χ0n) is 19.0. The Morgan fingerprint density at radius 2 is 1.68 bits per heavy atom. The van der Waals surface area contributed by atoms with Gasteiger partial charge in [0.25, 0.3) is 10.0 Å². The van der Waals surface area contributed by atoms with Crippen molar-refractivity contribution in [3.63, 3.8) is 0 Å². The lowest BCUT2D eigenvalue weighted by atomic mass is 10.1. The number of sulfonamides is 1. The Labute approximate surface area is 209 Å². The van der Waals surface area contributed by atoms with Crippen LogP contribution in [0.5, 0.6) is 0 Å². The van der Waals surface area contributed by atoms with Gasteiger partial charge in [0.1, 0.15) is 6.54 Å². The minimum Gasteiger partial charge on any atom is -0.372 e. The van der Waals surface area contributed by atoms with Gasteiger partial charge in [0.15, 0.2) is 0 Å². The molecule has 8 heteroatoms. The molecule has 0 spiro atoms. The molecule has 1 unspecified atom stereocenters. The summed E-state index contributed by atoms with van der Waals surface area (Å²) < 4.78 is 28.7. The Morgan fingerprint density at radius 3 is 2.32 bits per heavy atom. The number of hydrogen-bond acceptors (Lipinski definition) is 4. The molecule has 0 aromatic heterocycles. The van der Waals surface area contributed by atoms with Gasteiger partial charge >= 0.3 is 0 Å². The van der Waals surface area contributed by atoms with Crippen molar-refractivity contribution < 1.29 is 13.2 Å². The molecule has 0 saturated carbocycles. The number of nitrogens with one attached hydrogen (secondary N) is 1. The van der Waals surface area contributed by atoms with Crippen LogP contribution in [0.15, 0.2) is 88.2 Å². The number of rotatable bonds is 8. The van der Waals surface area contributed by atoms with Crippen LogP contribution in [0, 0.1) is 0 Å². The Balaban J connectivity index is 1.51. The van der Waals surface area contributed by atoms with Gasteiger partial charge in [0, 0.05) is 23.2 Å². The maximum Gasteiger partial charge on any atom is 0.264 e. The highest BCUT2D eigenvalue weighted by atomic mass is 79.9. The topological polar surface area (TPSA) is 69.7 Å². The second-order valence-corrected chi connectivity index (χ2v) is 11.2. The van der Waals surface area contributed by atoms with E-state index in [1.54, 1.807) is 36.4 Å². The summed E-state index contributed by atoms with van der Waals surface area (Å²) >= 11 is 3.40. The van der Waals surface area contributed by atoms with E-state index in [-0.39, 0.29) is 23.4 Å². The SMILES string of the molecule is CC(NC(=O)CN(c1cccc(Br)c1)S(=O)(=O)c1ccccc1)c1ccc(N2CCCC2)cc1. The molecule has 1 aliphatic rings. The lowest BCUT2D eigenvalue weighted by Gasteiger charge is -2.25. The average molecular weight is 542 g/mol. The Hall–Kier alpha value is -2.84. The first-order valence-corrected chi connectivity index (χ1v) is 13.6. The van der Waals surface area contributed by atoms with Crippen LogP contribution in [-0.2, 0) is 14.8 Å². The van der Waals surface area contributed by atoms with Gasteiger partial charge in [-0.05, 0) is 67.8 Å². The lowest BCUT2D eigenvalue weighted by molar-refractivity contribution is -0.120. The molecule has 0 aliphatic carbocycles. The third kappa shape index (κ3) is 5.62. The molecular formula is C26H28BrN3O3S. The Kier molecular flexibility index (Phi) is 7.58. The van der Waals surface area contributed by atoms with Crippen LogP contribution in [0.1, 0.15) is 31.4 Å². The molecule has 1 heterocycles. The van der Waals surface area contributed by atoms with Gasteiger partial charge in [-0.2, -0.15) is 0 Å². The zero-order chi connectivity index (χ0) is 24.1. The molecule has 1 aliphatic heterocycles. The van der Waals surface area contributed by atoms with Crippen molar-refractivity contribution in [2.75, 3.05) is 28.8 Å². The highest BCUT2D eigenvalue weighted by Crippen LogP contribution is 2.27. The number of carbonyl (C=O) groups excluding carboxylic acids is 1. The number of anilines is 2. The van der Waals surface area contributed by atoms with Crippen LogP contribution < -0.4 is 14.5 Å². The van der Waals surface area contributed by atoms with Gasteiger partial charge in [0.2, 0.25) is 5.91 Å². The van der Waals surface area contributed by atoms with Gasteiger partial charge < -0.3 is 10.2 Å². The fraction of sp³-hybridized carbons (Fsp3) is 0.269. The van der Waals surface area contributed by atoms with Crippen molar-refractivity contribution in [3.05, 3.63) is 88.9 Å². The highest BCUT2D eigenvalue weighted by molar-refractivity contribution is 9.10. The second-order valence-electron chi connectivity index (χ2n) is 8.38. The molecule has 1 amide bonds. The standard InChI is InChI=1S/C26H28BrN3O3S/c1-20(21-12-14-23(15-13-21)29-16-5-6-17-29)28-26(31)19-30(24-9-7-8-22(27)18-24)34(32,33)25-10-3-2-4-11-25/h2-4,7-15,18,20H,5-6,16-17,19H2,1H3,(H,28,31). The van der Waals surface area contributed by atoms with Crippen LogP contribution in [0.2, 0.25) is 0 Å². The normalized spacial score (nSPS) is 14.6. The van der Waals surface area contributed by atoms with Gasteiger partial charge in [-0.1, -0.05) is 52.3 Å². The summed E-state index contributed by atoms with van der Waals surface area (Å²) in [7, 11) is -3.94. The second kappa shape index (κ2) is 10.6. The fourth-order valence-electron chi connectivity index (χ4n) is 4.12. The van der Waals surface area contributed by atoms with E-state index < -0.39 is 10.0 Å². The summed E-state index contributed by atoms with van der Waals surface area (Å²) in [6, 6.07) is 23.0. The first-order valence-electron chi connectivity index (χ1n) is 11.3. The predicted octanol–water partition coefficient (Wildman–Crippen LogP) is 5.12. The molecule has 0 radical (unpaired) electrons. The third-order valence-electron chi connectivity index (χ3n) is 5.96. The minimum atomic E-state index is -3.94. The number of halogens is 1. The van der Waals surface area contributed by atoms with Crippen LogP contribution in [0.4, 0.5) is 11.4 Å². The molecule has 1 N–H and O–H groups in total. The molecule has 6 nitrogen and oxygen atoms in total. The summed E-state index contributed by atoms with van der Waals surface area (Å²) in [6.45, 7) is 3.72. The maximum absolute atomic E-state index is 13.4. The quantitative estimate of drug-likeness (QED) is 0.429. The average Bonchev–Trinajstić information content (AvgIpc) is 3.38. The summed E-state index contributed by atoms with van der Waals surface area (Å²) in [5.74, 6) is -0.379. The van der Waals surface area contributed by atoms with Gasteiger partial charge in [-0.25, -0.2) is 8.42 Å². The van der Waals surface area contributed by atoms with E-state index in [1.807, 2.05) is 25.1 Å². The van der Waals surface area contributed by atoms with E-state index in [1.165, 1.54) is 30.7 Å². The van der Waals surface area contributed by atoms with E-state index in [9.17, 15) is 13.2 Å². The number of amides is 1. The van der Waals surface area contributed by atoms with Crippen LogP contribution in [-0.4, -0.2) is 34.0 Å². The largest absolute Gasteiger partial charge is 0.372 e. The molecule has 1 fully saturated rings. The molecular weight excluding hydrogens is 514 g/mol. The number of hydrogen-bond donors (Lipinski definition) is 1. The Morgan fingerprint density at radius 1 is 1.00 bits per heavy atom. The van der Waals surface area contributed by atoms with Gasteiger partial charge in [-0.15, -0.1) is 0 Å². The summed E-state index contributed by atoms with van der Waals surface area (Å²) in [4.78, 5) is 15.5. The molecule has 3 aromatic rings. The highest BCUT2D eigenvalue weighted by Gasteiger charge is 2.27. The molecule has 178 valence electrons. The van der Waals surface area contributed by atoms with Crippen molar-refractivity contribution in [3.8, 4) is 0 Å². The van der Waals surface area contributed by atoms with E-state index in [4.69, 9.17) is 0 Å². The van der Waals surface area contributed by atoms with E-state index in [0.29, 0.717) is 5.69 Å². The van der Waals surface area contributed by atoms with Crippen LogP contribution in [0.3, 0.4) is 0 Å². The number of benzene rings is 3. The first-order chi connectivity index (χ1) is 16.3. The monoisotopic (exact) mass is 541 g/mol. The van der Waals surface area contributed by atoms with Crippen molar-refractivity contribution in [1.82, 2.24) is 5.32 Å². The molecule has 3 aromatic carbocycles. The third-order valence-corrected chi connectivity index (χ3v) is 8.24. The molecule has 1 saturated heterocycles. The predicted molar refractivity (Wildman–Crippen MR) is 140 cm³/mol. The number of carbonyl (C=O) groups is 1. The summed E-state index contributed by atoms with van der Waals surface area (Å²) in [6.07, 6.45) is 2.43. The smallest absolute Gasteiger partial charge is 0.264 e. The van der Waals surface area contributed by atoms with Crippen LogP contribution in [0.25, 0.3) is 0 Å². The molecule has 1 atom stereocenters. The van der Waals surface area contributed by atoms with Crippen molar-refractivity contribution >= 4 is 43.2 Å². The van der Waals surface area contributed by atoms with Crippen molar-refractivity contribution in [2.24, 2.45) is 0 Å². The summed E-state index contributed by atoms with van der Waals surface area (Å²) in [5.41, 5.74) is 2.57. The minimum absolute atomic E-state index is 0.133.